The zero-order valence-electron chi connectivity index (χ0n) is 16.9. The molecule has 2 amide bonds. The Balaban J connectivity index is 1.54. The number of anilines is 1. The molecule has 30 heavy (non-hydrogen) atoms. The third-order valence-corrected chi connectivity index (χ3v) is 5.27. The van der Waals surface area contributed by atoms with Gasteiger partial charge in [0.15, 0.2) is 0 Å². The number of hydrogen-bond acceptors (Lipinski definition) is 5. The second kappa shape index (κ2) is 9.53. The van der Waals surface area contributed by atoms with E-state index in [-0.39, 0.29) is 18.3 Å². The number of rotatable bonds is 6. The Hall–Kier alpha value is -3.20. The Morgan fingerprint density at radius 3 is 2.47 bits per heavy atom. The van der Waals surface area contributed by atoms with Crippen molar-refractivity contribution in [3.63, 3.8) is 0 Å². The third kappa shape index (κ3) is 5.44. The van der Waals surface area contributed by atoms with Gasteiger partial charge in [-0.1, -0.05) is 12.1 Å². The van der Waals surface area contributed by atoms with Crippen molar-refractivity contribution in [1.82, 2.24) is 14.9 Å². The highest BCUT2D eigenvalue weighted by molar-refractivity contribution is 5.73. The zero-order valence-corrected chi connectivity index (χ0v) is 16.9. The largest absolute Gasteiger partial charge is 0.464 e. The number of piperazine rings is 1. The lowest BCUT2D eigenvalue weighted by Gasteiger charge is -2.35. The number of carboxylic acid groups (broad SMARTS) is 1. The van der Waals surface area contributed by atoms with Gasteiger partial charge in [-0.15, -0.1) is 0 Å². The summed E-state index contributed by atoms with van der Waals surface area (Å²) in [5.74, 6) is 5.06. The van der Waals surface area contributed by atoms with Crippen molar-refractivity contribution in [2.75, 3.05) is 31.1 Å². The molecule has 0 bridgehead atoms. The quantitative estimate of drug-likeness (QED) is 0.425. The number of halogens is 1. The number of aromatic nitrogens is 1. The van der Waals surface area contributed by atoms with Crippen molar-refractivity contribution in [1.29, 1.82) is 0 Å². The first-order valence-corrected chi connectivity index (χ1v) is 9.81. The summed E-state index contributed by atoms with van der Waals surface area (Å²) in [6.45, 7) is 4.49. The number of carbonyl (C=O) groups is 2. The van der Waals surface area contributed by atoms with Gasteiger partial charge in [0.05, 0.1) is 18.4 Å². The van der Waals surface area contributed by atoms with Crippen LogP contribution in [0.15, 0.2) is 36.5 Å². The Morgan fingerprint density at radius 2 is 1.90 bits per heavy atom. The number of pyridine rings is 1. The predicted octanol–water partition coefficient (Wildman–Crippen LogP) is 2.03. The van der Waals surface area contributed by atoms with Crippen molar-refractivity contribution < 1.29 is 19.1 Å². The van der Waals surface area contributed by atoms with Crippen LogP contribution in [0.4, 0.5) is 14.9 Å². The van der Waals surface area contributed by atoms with Crippen LogP contribution in [0.1, 0.15) is 23.7 Å². The molecule has 0 radical (unpaired) electrons. The molecule has 0 saturated carbocycles. The first-order valence-electron chi connectivity index (χ1n) is 9.81. The van der Waals surface area contributed by atoms with E-state index in [4.69, 9.17) is 10.9 Å². The van der Waals surface area contributed by atoms with Crippen LogP contribution in [0, 0.1) is 5.82 Å². The lowest BCUT2D eigenvalue weighted by Crippen LogP contribution is -2.48. The molecule has 3 rings (SSSR count). The molecule has 8 nitrogen and oxygen atoms in total. The molecule has 1 fully saturated rings. The first-order chi connectivity index (χ1) is 14.3. The van der Waals surface area contributed by atoms with E-state index >= 15 is 0 Å². The molecule has 1 aromatic carbocycles. The molecule has 1 aliphatic heterocycles. The fraction of sp³-hybridized carbons (Fsp3) is 0.381. The molecule has 1 saturated heterocycles. The second-order valence-electron chi connectivity index (χ2n) is 7.34. The minimum atomic E-state index is -1.27. The van der Waals surface area contributed by atoms with Crippen LogP contribution in [0.25, 0.3) is 0 Å². The van der Waals surface area contributed by atoms with Crippen molar-refractivity contribution in [3.8, 4) is 0 Å². The van der Waals surface area contributed by atoms with E-state index in [1.54, 1.807) is 19.1 Å². The Labute approximate surface area is 174 Å². The lowest BCUT2D eigenvalue weighted by molar-refractivity contribution is -0.129. The number of hydrogen-bond donors (Lipinski definition) is 2. The molecule has 1 aromatic heterocycles. The fourth-order valence-electron chi connectivity index (χ4n) is 3.45. The molecule has 2 heterocycles. The molecular formula is C21H26FN5O3. The van der Waals surface area contributed by atoms with Gasteiger partial charge in [-0.2, -0.15) is 0 Å². The molecule has 1 aliphatic rings. The van der Waals surface area contributed by atoms with Gasteiger partial charge in [-0.25, -0.2) is 20.0 Å². The molecule has 0 unspecified atom stereocenters. The molecule has 0 atom stereocenters. The monoisotopic (exact) mass is 415 g/mol. The number of benzene rings is 1. The molecule has 3 N–H and O–H groups in total. The summed E-state index contributed by atoms with van der Waals surface area (Å²) in [6.07, 6.45) is 1.63. The normalized spacial score (nSPS) is 14.0. The summed E-state index contributed by atoms with van der Waals surface area (Å²) in [7, 11) is 0. The summed E-state index contributed by atoms with van der Waals surface area (Å²) in [6, 6.07) is 8.60. The number of nitrogens with two attached hydrogens (primary N) is 1. The maximum atomic E-state index is 14.3. The molecule has 0 spiro atoms. The van der Waals surface area contributed by atoms with Crippen LogP contribution < -0.4 is 10.7 Å². The molecular weight excluding hydrogens is 389 g/mol. The third-order valence-electron chi connectivity index (χ3n) is 5.27. The summed E-state index contributed by atoms with van der Waals surface area (Å²) < 4.78 is 14.3. The molecule has 2 aromatic rings. The Morgan fingerprint density at radius 1 is 1.17 bits per heavy atom. The van der Waals surface area contributed by atoms with Crippen molar-refractivity contribution in [3.05, 3.63) is 59.2 Å². The maximum absolute atomic E-state index is 14.3. The predicted molar refractivity (Wildman–Crippen MR) is 110 cm³/mol. The smallest absolute Gasteiger partial charge is 0.421 e. The van der Waals surface area contributed by atoms with E-state index in [2.05, 4.69) is 9.88 Å². The topological polar surface area (TPSA) is 103 Å². The van der Waals surface area contributed by atoms with Gasteiger partial charge in [-0.3, -0.25) is 9.78 Å². The van der Waals surface area contributed by atoms with E-state index in [9.17, 15) is 14.0 Å². The zero-order chi connectivity index (χ0) is 21.7. The van der Waals surface area contributed by atoms with Gasteiger partial charge in [0.1, 0.15) is 5.82 Å². The summed E-state index contributed by atoms with van der Waals surface area (Å²) in [4.78, 5) is 30.7. The van der Waals surface area contributed by atoms with Crippen LogP contribution in [-0.2, 0) is 24.2 Å². The van der Waals surface area contributed by atoms with Crippen LogP contribution in [0.2, 0.25) is 0 Å². The second-order valence-corrected chi connectivity index (χ2v) is 7.34. The number of carbonyl (C=O) groups excluding carboxylic acids is 1. The van der Waals surface area contributed by atoms with Gasteiger partial charge in [0.25, 0.3) is 0 Å². The molecule has 160 valence electrons. The fourth-order valence-corrected chi connectivity index (χ4v) is 3.45. The highest BCUT2D eigenvalue weighted by Gasteiger charge is 2.19. The summed E-state index contributed by atoms with van der Waals surface area (Å²) in [5.41, 5.74) is 2.92. The molecule has 0 aliphatic carbocycles. The number of hydrazine groups is 1. The van der Waals surface area contributed by atoms with Gasteiger partial charge in [-0.05, 0) is 42.2 Å². The van der Waals surface area contributed by atoms with Crippen LogP contribution >= 0.6 is 0 Å². The van der Waals surface area contributed by atoms with Crippen molar-refractivity contribution >= 4 is 17.7 Å². The van der Waals surface area contributed by atoms with Crippen molar-refractivity contribution in [2.24, 2.45) is 5.84 Å². The Kier molecular flexibility index (Phi) is 6.83. The standard InChI is InChI=1S/C21H26FN5O3/c1-15(28)25-8-10-26(11-9-25)19-7-6-18(24-13-19)5-4-17-3-2-16(12-20(17)22)14-27(23)21(29)30/h2-3,6-7,12-13H,4-5,8-11,14,23H2,1H3,(H,29,30). The first kappa shape index (κ1) is 21.5. The maximum Gasteiger partial charge on any atom is 0.421 e. The van der Waals surface area contributed by atoms with Crippen LogP contribution in [0.3, 0.4) is 0 Å². The van der Waals surface area contributed by atoms with E-state index in [1.807, 2.05) is 23.2 Å². The van der Waals surface area contributed by atoms with Gasteiger partial charge in [0, 0.05) is 38.8 Å². The highest BCUT2D eigenvalue weighted by Crippen LogP contribution is 2.18. The van der Waals surface area contributed by atoms with E-state index < -0.39 is 6.09 Å². The average molecular weight is 415 g/mol. The Bertz CT molecular complexity index is 898. The summed E-state index contributed by atoms with van der Waals surface area (Å²) >= 11 is 0. The van der Waals surface area contributed by atoms with Gasteiger partial charge < -0.3 is 14.9 Å². The average Bonchev–Trinajstić information content (AvgIpc) is 2.73. The number of amides is 2. The molecule has 9 heteroatoms. The number of nitrogens with zero attached hydrogens (tertiary/aromatic N) is 4. The SMILES string of the molecule is CC(=O)N1CCN(c2ccc(CCc3ccc(CN(N)C(=O)O)cc3F)nc2)CC1. The lowest BCUT2D eigenvalue weighted by atomic mass is 10.0. The van der Waals surface area contributed by atoms with Crippen molar-refractivity contribution in [2.45, 2.75) is 26.3 Å². The van der Waals surface area contributed by atoms with E-state index in [0.29, 0.717) is 42.1 Å². The van der Waals surface area contributed by atoms with Crippen LogP contribution in [-0.4, -0.2) is 58.2 Å². The minimum absolute atomic E-state index is 0.0732. The minimum Gasteiger partial charge on any atom is -0.464 e. The highest BCUT2D eigenvalue weighted by atomic mass is 19.1. The van der Waals surface area contributed by atoms with Gasteiger partial charge in [0.2, 0.25) is 5.91 Å². The van der Waals surface area contributed by atoms with E-state index in [0.717, 1.165) is 24.5 Å². The van der Waals surface area contributed by atoms with Gasteiger partial charge >= 0.3 is 6.09 Å². The number of aryl methyl sites for hydroxylation is 2. The summed E-state index contributed by atoms with van der Waals surface area (Å²) in [5, 5.41) is 9.41. The van der Waals surface area contributed by atoms with Crippen LogP contribution in [0.5, 0.6) is 0 Å². The van der Waals surface area contributed by atoms with E-state index in [1.165, 1.54) is 6.07 Å².